The number of nitrogens with one attached hydrogen (secondary N) is 2. The number of carbonyl (C=O) groups is 1. The van der Waals surface area contributed by atoms with Gasteiger partial charge in [0.15, 0.2) is 0 Å². The number of anilines is 1. The van der Waals surface area contributed by atoms with Gasteiger partial charge in [-0.1, -0.05) is 6.07 Å². The standard InChI is InChI=1S/C11H14N2O2S/c1-7-2-3-8(4-10(7)14)13-11(15)9-5-16-6-12-9/h2-4,9,12,14H,5-6H2,1H3,(H,13,15). The number of thioether (sulfide) groups is 1. The van der Waals surface area contributed by atoms with Crippen LogP contribution in [0.25, 0.3) is 0 Å². The van der Waals surface area contributed by atoms with Crippen molar-refractivity contribution in [3.8, 4) is 5.75 Å². The first-order chi connectivity index (χ1) is 7.66. The highest BCUT2D eigenvalue weighted by molar-refractivity contribution is 7.99. The number of phenols is 1. The highest BCUT2D eigenvalue weighted by atomic mass is 32.2. The SMILES string of the molecule is Cc1ccc(NC(=O)C2CSCN2)cc1O. The van der Waals surface area contributed by atoms with Crippen LogP contribution in [-0.4, -0.2) is 28.7 Å². The molecule has 0 aliphatic carbocycles. The molecule has 0 aromatic heterocycles. The number of benzene rings is 1. The van der Waals surface area contributed by atoms with Crippen LogP contribution in [0, 0.1) is 6.92 Å². The number of aromatic hydroxyl groups is 1. The number of aryl methyl sites for hydroxylation is 1. The van der Waals surface area contributed by atoms with Gasteiger partial charge in [0, 0.05) is 23.4 Å². The molecule has 1 aliphatic heterocycles. The van der Waals surface area contributed by atoms with E-state index in [2.05, 4.69) is 10.6 Å². The van der Waals surface area contributed by atoms with E-state index in [0.717, 1.165) is 17.2 Å². The van der Waals surface area contributed by atoms with Crippen LogP contribution >= 0.6 is 11.8 Å². The number of carbonyl (C=O) groups excluding carboxylic acids is 1. The maximum Gasteiger partial charge on any atom is 0.242 e. The third-order valence-electron chi connectivity index (χ3n) is 2.51. The molecule has 0 spiro atoms. The van der Waals surface area contributed by atoms with Gasteiger partial charge in [-0.15, -0.1) is 11.8 Å². The molecule has 1 aliphatic rings. The molecule has 1 amide bonds. The number of hydrogen-bond donors (Lipinski definition) is 3. The maximum absolute atomic E-state index is 11.7. The van der Waals surface area contributed by atoms with Crippen molar-refractivity contribution in [2.45, 2.75) is 13.0 Å². The van der Waals surface area contributed by atoms with Crippen molar-refractivity contribution >= 4 is 23.4 Å². The van der Waals surface area contributed by atoms with E-state index in [0.29, 0.717) is 5.69 Å². The van der Waals surface area contributed by atoms with Gasteiger partial charge in [0.05, 0.1) is 6.04 Å². The van der Waals surface area contributed by atoms with Crippen molar-refractivity contribution in [1.82, 2.24) is 5.32 Å². The lowest BCUT2D eigenvalue weighted by molar-refractivity contribution is -0.117. The summed E-state index contributed by atoms with van der Waals surface area (Å²) in [4.78, 5) is 11.7. The Labute approximate surface area is 98.4 Å². The highest BCUT2D eigenvalue weighted by Crippen LogP contribution is 2.21. The maximum atomic E-state index is 11.7. The molecular formula is C11H14N2O2S. The predicted molar refractivity (Wildman–Crippen MR) is 65.7 cm³/mol. The summed E-state index contributed by atoms with van der Waals surface area (Å²) in [6.45, 7) is 1.82. The second-order valence-electron chi connectivity index (χ2n) is 3.76. The molecule has 1 fully saturated rings. The summed E-state index contributed by atoms with van der Waals surface area (Å²) in [5.41, 5.74) is 1.43. The van der Waals surface area contributed by atoms with Gasteiger partial charge in [-0.25, -0.2) is 0 Å². The number of rotatable bonds is 2. The summed E-state index contributed by atoms with van der Waals surface area (Å²) in [6.07, 6.45) is 0. The minimum absolute atomic E-state index is 0.0479. The summed E-state index contributed by atoms with van der Waals surface area (Å²) < 4.78 is 0. The van der Waals surface area contributed by atoms with Gasteiger partial charge >= 0.3 is 0 Å². The van der Waals surface area contributed by atoms with Crippen LogP contribution in [0.3, 0.4) is 0 Å². The summed E-state index contributed by atoms with van der Waals surface area (Å²) in [5.74, 6) is 1.76. The third kappa shape index (κ3) is 2.48. The molecule has 1 aromatic carbocycles. The van der Waals surface area contributed by atoms with Gasteiger partial charge in [-0.2, -0.15) is 0 Å². The Kier molecular flexibility index (Phi) is 3.36. The van der Waals surface area contributed by atoms with E-state index >= 15 is 0 Å². The second-order valence-corrected chi connectivity index (χ2v) is 4.79. The van der Waals surface area contributed by atoms with Crippen molar-refractivity contribution in [1.29, 1.82) is 0 Å². The molecule has 1 aromatic rings. The van der Waals surface area contributed by atoms with Gasteiger partial charge in [-0.3, -0.25) is 10.1 Å². The molecule has 1 atom stereocenters. The lowest BCUT2D eigenvalue weighted by atomic mass is 10.2. The first-order valence-corrected chi connectivity index (χ1v) is 6.24. The monoisotopic (exact) mass is 238 g/mol. The zero-order valence-electron chi connectivity index (χ0n) is 8.99. The van der Waals surface area contributed by atoms with E-state index in [1.807, 2.05) is 6.92 Å². The van der Waals surface area contributed by atoms with Crippen molar-refractivity contribution in [2.24, 2.45) is 0 Å². The number of phenolic OH excluding ortho intramolecular Hbond substituents is 1. The van der Waals surface area contributed by atoms with Crippen LogP contribution in [0.2, 0.25) is 0 Å². The zero-order valence-corrected chi connectivity index (χ0v) is 9.80. The molecule has 0 radical (unpaired) electrons. The third-order valence-corrected chi connectivity index (χ3v) is 3.45. The number of amides is 1. The summed E-state index contributed by atoms with van der Waals surface area (Å²) in [7, 11) is 0. The summed E-state index contributed by atoms with van der Waals surface area (Å²) in [6, 6.07) is 5.00. The van der Waals surface area contributed by atoms with Crippen molar-refractivity contribution < 1.29 is 9.90 Å². The van der Waals surface area contributed by atoms with Gasteiger partial charge in [0.1, 0.15) is 5.75 Å². The molecule has 3 N–H and O–H groups in total. The average molecular weight is 238 g/mol. The van der Waals surface area contributed by atoms with Crippen molar-refractivity contribution in [3.63, 3.8) is 0 Å². The highest BCUT2D eigenvalue weighted by Gasteiger charge is 2.22. The Hall–Kier alpha value is -1.20. The lowest BCUT2D eigenvalue weighted by Gasteiger charge is -2.11. The predicted octanol–water partition coefficient (Wildman–Crippen LogP) is 1.30. The normalized spacial score (nSPS) is 19.7. The number of hydrogen-bond acceptors (Lipinski definition) is 4. The van der Waals surface area contributed by atoms with Gasteiger partial charge < -0.3 is 10.4 Å². The summed E-state index contributed by atoms with van der Waals surface area (Å²) >= 11 is 1.71. The van der Waals surface area contributed by atoms with Crippen LogP contribution in [0.5, 0.6) is 5.75 Å². The van der Waals surface area contributed by atoms with Gasteiger partial charge in [0.2, 0.25) is 5.91 Å². The Morgan fingerprint density at radius 2 is 2.44 bits per heavy atom. The molecule has 1 heterocycles. The van der Waals surface area contributed by atoms with Crippen LogP contribution in [0.1, 0.15) is 5.56 Å². The molecule has 2 rings (SSSR count). The molecule has 86 valence electrons. The first-order valence-electron chi connectivity index (χ1n) is 5.08. The van der Waals surface area contributed by atoms with E-state index in [9.17, 15) is 9.90 Å². The quantitative estimate of drug-likeness (QED) is 0.727. The van der Waals surface area contributed by atoms with E-state index in [1.54, 1.807) is 30.0 Å². The molecular weight excluding hydrogens is 224 g/mol. The van der Waals surface area contributed by atoms with Crippen molar-refractivity contribution in [3.05, 3.63) is 23.8 Å². The molecule has 1 saturated heterocycles. The fraction of sp³-hybridized carbons (Fsp3) is 0.364. The van der Waals surface area contributed by atoms with Crippen LogP contribution in [0.4, 0.5) is 5.69 Å². The van der Waals surface area contributed by atoms with Crippen molar-refractivity contribution in [2.75, 3.05) is 16.9 Å². The molecule has 1 unspecified atom stereocenters. The first kappa shape index (κ1) is 11.3. The van der Waals surface area contributed by atoms with Gasteiger partial charge in [-0.05, 0) is 18.6 Å². The van der Waals surface area contributed by atoms with E-state index in [4.69, 9.17) is 0 Å². The molecule has 5 heteroatoms. The summed E-state index contributed by atoms with van der Waals surface area (Å²) in [5, 5.41) is 15.4. The van der Waals surface area contributed by atoms with E-state index in [-0.39, 0.29) is 17.7 Å². The fourth-order valence-electron chi connectivity index (χ4n) is 1.48. The lowest BCUT2D eigenvalue weighted by Crippen LogP contribution is -2.37. The van der Waals surface area contributed by atoms with E-state index < -0.39 is 0 Å². The largest absolute Gasteiger partial charge is 0.508 e. The Morgan fingerprint density at radius 3 is 3.06 bits per heavy atom. The Bertz CT molecular complexity index is 403. The Balaban J connectivity index is 2.02. The van der Waals surface area contributed by atoms with Crippen LogP contribution < -0.4 is 10.6 Å². The fourth-order valence-corrected chi connectivity index (χ4v) is 2.42. The zero-order chi connectivity index (χ0) is 11.5. The average Bonchev–Trinajstić information content (AvgIpc) is 2.77. The molecule has 4 nitrogen and oxygen atoms in total. The second kappa shape index (κ2) is 4.76. The van der Waals surface area contributed by atoms with Crippen LogP contribution in [0.15, 0.2) is 18.2 Å². The minimum atomic E-state index is -0.131. The molecule has 0 saturated carbocycles. The minimum Gasteiger partial charge on any atom is -0.508 e. The molecule has 16 heavy (non-hydrogen) atoms. The Morgan fingerprint density at radius 1 is 1.62 bits per heavy atom. The van der Waals surface area contributed by atoms with Crippen LogP contribution in [-0.2, 0) is 4.79 Å². The topological polar surface area (TPSA) is 61.4 Å². The smallest absolute Gasteiger partial charge is 0.242 e. The van der Waals surface area contributed by atoms with E-state index in [1.165, 1.54) is 0 Å². The molecule has 0 bridgehead atoms. The van der Waals surface area contributed by atoms with Gasteiger partial charge in [0.25, 0.3) is 0 Å².